The molecular formula is C16H20N2O2. The molecule has 20 heavy (non-hydrogen) atoms. The average molecular weight is 272 g/mol. The topological polar surface area (TPSA) is 64.3 Å². The summed E-state index contributed by atoms with van der Waals surface area (Å²) in [6, 6.07) is 9.55. The second-order valence-electron chi connectivity index (χ2n) is 5.42. The van der Waals surface area contributed by atoms with Crippen molar-refractivity contribution in [3.05, 3.63) is 35.4 Å². The number of carbonyl (C=O) groups is 1. The Labute approximate surface area is 119 Å². The molecule has 0 spiro atoms. The Hall–Kier alpha value is -1.86. The first-order chi connectivity index (χ1) is 9.62. The number of hydrogen-bond acceptors (Lipinski definition) is 3. The molecule has 0 amide bonds. The van der Waals surface area contributed by atoms with Gasteiger partial charge in [-0.3, -0.25) is 9.69 Å². The molecule has 1 fully saturated rings. The van der Waals surface area contributed by atoms with E-state index in [1.807, 2.05) is 25.1 Å². The maximum absolute atomic E-state index is 11.7. The van der Waals surface area contributed by atoms with Gasteiger partial charge in [-0.25, -0.2) is 0 Å². The highest BCUT2D eigenvalue weighted by molar-refractivity contribution is 5.79. The summed E-state index contributed by atoms with van der Waals surface area (Å²) in [7, 11) is 0. The summed E-state index contributed by atoms with van der Waals surface area (Å²) in [5.41, 5.74) is 0.906. The number of nitrogens with zero attached hydrogens (tertiary/aromatic N) is 2. The largest absolute Gasteiger partial charge is 0.480 e. The third kappa shape index (κ3) is 2.68. The molecule has 0 bridgehead atoms. The fourth-order valence-corrected chi connectivity index (χ4v) is 3.17. The lowest BCUT2D eigenvalue weighted by Crippen LogP contribution is -2.49. The van der Waals surface area contributed by atoms with Gasteiger partial charge in [-0.05, 0) is 43.5 Å². The predicted octanol–water partition coefficient (Wildman–Crippen LogP) is 2.78. The van der Waals surface area contributed by atoms with Gasteiger partial charge in [-0.2, -0.15) is 5.26 Å². The van der Waals surface area contributed by atoms with Gasteiger partial charge in [-0.15, -0.1) is 0 Å². The molecule has 1 heterocycles. The van der Waals surface area contributed by atoms with Crippen molar-refractivity contribution in [2.24, 2.45) is 0 Å². The highest BCUT2D eigenvalue weighted by atomic mass is 16.4. The molecule has 0 saturated carbocycles. The molecule has 2 rings (SSSR count). The summed E-state index contributed by atoms with van der Waals surface area (Å²) in [5.74, 6) is -0.715. The van der Waals surface area contributed by atoms with Crippen LogP contribution in [-0.2, 0) is 11.3 Å². The molecule has 4 heteroatoms. The van der Waals surface area contributed by atoms with Gasteiger partial charge >= 0.3 is 5.97 Å². The van der Waals surface area contributed by atoms with E-state index in [0.29, 0.717) is 24.9 Å². The molecule has 1 N–H and O–H groups in total. The molecule has 1 aliphatic heterocycles. The van der Waals surface area contributed by atoms with E-state index in [2.05, 4.69) is 11.0 Å². The molecule has 1 saturated heterocycles. The summed E-state index contributed by atoms with van der Waals surface area (Å²) in [4.78, 5) is 13.8. The van der Waals surface area contributed by atoms with Gasteiger partial charge in [0.15, 0.2) is 0 Å². The van der Waals surface area contributed by atoms with Crippen LogP contribution in [0.15, 0.2) is 24.3 Å². The lowest BCUT2D eigenvalue weighted by Gasteiger charge is -2.34. The Bertz CT molecular complexity index is 536. The van der Waals surface area contributed by atoms with Gasteiger partial charge in [0.25, 0.3) is 0 Å². The summed E-state index contributed by atoms with van der Waals surface area (Å²) in [6.07, 6.45) is 3.18. The molecule has 0 aromatic heterocycles. The van der Waals surface area contributed by atoms with E-state index in [4.69, 9.17) is 5.26 Å². The van der Waals surface area contributed by atoms with Crippen molar-refractivity contribution in [2.45, 2.75) is 44.7 Å². The number of carboxylic acid groups (broad SMARTS) is 1. The summed E-state index contributed by atoms with van der Waals surface area (Å²) < 4.78 is 0. The second-order valence-corrected chi connectivity index (χ2v) is 5.42. The first kappa shape index (κ1) is 14.5. The smallest absolute Gasteiger partial charge is 0.324 e. The van der Waals surface area contributed by atoms with E-state index < -0.39 is 11.5 Å². The molecule has 4 nitrogen and oxygen atoms in total. The highest BCUT2D eigenvalue weighted by Gasteiger charge is 2.46. The van der Waals surface area contributed by atoms with Crippen LogP contribution in [0.4, 0.5) is 0 Å². The van der Waals surface area contributed by atoms with Crippen LogP contribution >= 0.6 is 0 Å². The number of aliphatic carboxylic acids is 1. The zero-order valence-corrected chi connectivity index (χ0v) is 11.8. The van der Waals surface area contributed by atoms with E-state index in [1.54, 1.807) is 6.07 Å². The Morgan fingerprint density at radius 1 is 1.55 bits per heavy atom. The minimum Gasteiger partial charge on any atom is -0.480 e. The third-order valence-corrected chi connectivity index (χ3v) is 4.11. The number of nitriles is 1. The van der Waals surface area contributed by atoms with E-state index in [0.717, 1.165) is 24.9 Å². The van der Waals surface area contributed by atoms with Gasteiger partial charge < -0.3 is 5.11 Å². The predicted molar refractivity (Wildman–Crippen MR) is 76.1 cm³/mol. The number of carboxylic acids is 1. The van der Waals surface area contributed by atoms with Crippen molar-refractivity contribution < 1.29 is 9.90 Å². The Morgan fingerprint density at radius 2 is 2.35 bits per heavy atom. The molecule has 106 valence electrons. The first-order valence-electron chi connectivity index (χ1n) is 7.10. The third-order valence-electron chi connectivity index (χ3n) is 4.11. The monoisotopic (exact) mass is 272 g/mol. The lowest BCUT2D eigenvalue weighted by molar-refractivity contribution is -0.150. The van der Waals surface area contributed by atoms with E-state index in [-0.39, 0.29) is 0 Å². The summed E-state index contributed by atoms with van der Waals surface area (Å²) >= 11 is 0. The number of likely N-dealkylation sites (tertiary alicyclic amines) is 1. The zero-order chi connectivity index (χ0) is 14.6. The molecule has 1 atom stereocenters. The molecule has 1 aromatic carbocycles. The van der Waals surface area contributed by atoms with Crippen LogP contribution in [0.1, 0.15) is 43.7 Å². The van der Waals surface area contributed by atoms with Crippen molar-refractivity contribution in [3.8, 4) is 6.07 Å². The zero-order valence-electron chi connectivity index (χ0n) is 11.8. The Morgan fingerprint density at radius 3 is 3.00 bits per heavy atom. The maximum Gasteiger partial charge on any atom is 0.324 e. The van der Waals surface area contributed by atoms with Crippen LogP contribution < -0.4 is 0 Å². The quantitative estimate of drug-likeness (QED) is 0.895. The molecule has 1 aromatic rings. The van der Waals surface area contributed by atoms with Gasteiger partial charge in [0.1, 0.15) is 5.54 Å². The van der Waals surface area contributed by atoms with E-state index in [9.17, 15) is 9.90 Å². The van der Waals surface area contributed by atoms with Crippen LogP contribution in [0, 0.1) is 11.3 Å². The van der Waals surface area contributed by atoms with Crippen molar-refractivity contribution >= 4 is 5.97 Å². The molecule has 0 aliphatic carbocycles. The second kappa shape index (κ2) is 6.06. The number of rotatable bonds is 5. The SMILES string of the molecule is CCCC1(C(=O)O)CCCN1Cc1cccc(C#N)c1. The van der Waals surface area contributed by atoms with E-state index in [1.165, 1.54) is 0 Å². The maximum atomic E-state index is 11.7. The van der Waals surface area contributed by atoms with Crippen LogP contribution in [0.5, 0.6) is 0 Å². The fourth-order valence-electron chi connectivity index (χ4n) is 3.17. The summed E-state index contributed by atoms with van der Waals surface area (Å²) in [5, 5.41) is 18.6. The summed E-state index contributed by atoms with van der Waals surface area (Å²) in [6.45, 7) is 3.43. The van der Waals surface area contributed by atoms with Gasteiger partial charge in [0.05, 0.1) is 11.6 Å². The standard InChI is InChI=1S/C16H20N2O2/c1-2-7-16(15(19)20)8-4-9-18(16)12-14-6-3-5-13(10-14)11-17/h3,5-6,10H,2,4,7-9,12H2,1H3,(H,19,20). The Kier molecular flexibility index (Phi) is 4.41. The van der Waals surface area contributed by atoms with Crippen LogP contribution in [0.2, 0.25) is 0 Å². The lowest BCUT2D eigenvalue weighted by atomic mass is 9.90. The van der Waals surface area contributed by atoms with Crippen LogP contribution in [-0.4, -0.2) is 28.1 Å². The van der Waals surface area contributed by atoms with Crippen LogP contribution in [0.25, 0.3) is 0 Å². The molecular weight excluding hydrogens is 252 g/mol. The molecule has 0 radical (unpaired) electrons. The van der Waals surface area contributed by atoms with Crippen molar-refractivity contribution in [2.75, 3.05) is 6.54 Å². The average Bonchev–Trinajstić information content (AvgIpc) is 2.84. The Balaban J connectivity index is 2.22. The minimum atomic E-state index is -0.725. The molecule has 1 aliphatic rings. The van der Waals surface area contributed by atoms with Crippen molar-refractivity contribution in [3.63, 3.8) is 0 Å². The minimum absolute atomic E-state index is 0.599. The van der Waals surface area contributed by atoms with Gasteiger partial charge in [0, 0.05) is 6.54 Å². The fraction of sp³-hybridized carbons (Fsp3) is 0.500. The van der Waals surface area contributed by atoms with Crippen LogP contribution in [0.3, 0.4) is 0 Å². The van der Waals surface area contributed by atoms with Gasteiger partial charge in [0.2, 0.25) is 0 Å². The van der Waals surface area contributed by atoms with Gasteiger partial charge in [-0.1, -0.05) is 25.5 Å². The van der Waals surface area contributed by atoms with E-state index >= 15 is 0 Å². The highest BCUT2D eigenvalue weighted by Crippen LogP contribution is 2.35. The normalized spacial score (nSPS) is 22.6. The van der Waals surface area contributed by atoms with Crippen molar-refractivity contribution in [1.82, 2.24) is 4.90 Å². The van der Waals surface area contributed by atoms with Crippen molar-refractivity contribution in [1.29, 1.82) is 5.26 Å². The first-order valence-corrected chi connectivity index (χ1v) is 7.10. The number of hydrogen-bond donors (Lipinski definition) is 1. The number of benzene rings is 1. The molecule has 1 unspecified atom stereocenters.